The zero-order chi connectivity index (χ0) is 17.4. The van der Waals surface area contributed by atoms with E-state index < -0.39 is 6.09 Å². The lowest BCUT2D eigenvalue weighted by atomic mass is 10.0. The first kappa shape index (κ1) is 16.1. The van der Waals surface area contributed by atoms with E-state index in [1.54, 1.807) is 6.07 Å². The molecule has 0 saturated carbocycles. The Labute approximate surface area is 144 Å². The van der Waals surface area contributed by atoms with Crippen molar-refractivity contribution < 1.29 is 19.0 Å². The molecule has 2 fully saturated rings. The molecule has 1 aromatic carbocycles. The van der Waals surface area contributed by atoms with Crippen molar-refractivity contribution in [1.82, 2.24) is 9.88 Å². The van der Waals surface area contributed by atoms with Gasteiger partial charge in [-0.3, -0.25) is 0 Å². The van der Waals surface area contributed by atoms with Crippen LogP contribution in [0.3, 0.4) is 0 Å². The summed E-state index contributed by atoms with van der Waals surface area (Å²) in [6, 6.07) is 6.29. The van der Waals surface area contributed by atoms with Crippen LogP contribution in [0.2, 0.25) is 0 Å². The first-order valence-corrected chi connectivity index (χ1v) is 8.56. The zero-order valence-corrected chi connectivity index (χ0v) is 13.8. The molecule has 25 heavy (non-hydrogen) atoms. The molecular formula is C18H20FN3O3. The Bertz CT molecular complexity index is 807. The fourth-order valence-electron chi connectivity index (χ4n) is 3.74. The molecule has 2 aliphatic rings. The van der Waals surface area contributed by atoms with Gasteiger partial charge in [0.2, 0.25) is 0 Å². The third-order valence-electron chi connectivity index (χ3n) is 4.96. The minimum atomic E-state index is -0.908. The molecule has 2 saturated heterocycles. The van der Waals surface area contributed by atoms with E-state index >= 15 is 0 Å². The fourth-order valence-corrected chi connectivity index (χ4v) is 3.74. The van der Waals surface area contributed by atoms with Gasteiger partial charge < -0.3 is 19.6 Å². The predicted octanol–water partition coefficient (Wildman–Crippen LogP) is 3.03. The summed E-state index contributed by atoms with van der Waals surface area (Å²) in [6.07, 6.45) is 0.702. The van der Waals surface area contributed by atoms with Gasteiger partial charge >= 0.3 is 6.09 Å². The van der Waals surface area contributed by atoms with Crippen molar-refractivity contribution in [2.24, 2.45) is 0 Å². The Morgan fingerprint density at radius 1 is 1.24 bits per heavy atom. The molecule has 1 aromatic heterocycles. The second kappa shape index (κ2) is 6.48. The lowest BCUT2D eigenvalue weighted by molar-refractivity contribution is 0.121. The third kappa shape index (κ3) is 3.00. The van der Waals surface area contributed by atoms with Gasteiger partial charge in [0.1, 0.15) is 11.6 Å². The van der Waals surface area contributed by atoms with E-state index in [1.165, 1.54) is 17.0 Å². The Morgan fingerprint density at radius 2 is 2.04 bits per heavy atom. The van der Waals surface area contributed by atoms with Gasteiger partial charge in [-0.25, -0.2) is 14.2 Å². The molecule has 0 bridgehead atoms. The standard InChI is InChI=1S/C18H20FN3O3/c19-13-4-3-12-10-14(16-2-1-5-22(16)18(23)24)17(20-15(12)11-13)21-6-8-25-9-7-21/h3-4,10-11,16H,1-2,5-9H2,(H,23,24). The molecule has 1 unspecified atom stereocenters. The van der Waals surface area contributed by atoms with Crippen LogP contribution >= 0.6 is 0 Å². The molecule has 7 heteroatoms. The first-order valence-electron chi connectivity index (χ1n) is 8.56. The highest BCUT2D eigenvalue weighted by molar-refractivity contribution is 5.82. The largest absolute Gasteiger partial charge is 0.465 e. The number of likely N-dealkylation sites (tertiary alicyclic amines) is 1. The SMILES string of the molecule is O=C(O)N1CCCC1c1cc2ccc(F)cc2nc1N1CCOCC1. The van der Waals surface area contributed by atoms with E-state index in [9.17, 15) is 14.3 Å². The number of aromatic nitrogens is 1. The maximum absolute atomic E-state index is 13.6. The summed E-state index contributed by atoms with van der Waals surface area (Å²) in [5, 5.41) is 10.3. The van der Waals surface area contributed by atoms with Crippen LogP contribution in [0.15, 0.2) is 24.3 Å². The van der Waals surface area contributed by atoms with Gasteiger partial charge in [-0.05, 0) is 31.0 Å². The number of rotatable bonds is 2. The topological polar surface area (TPSA) is 65.9 Å². The Morgan fingerprint density at radius 3 is 2.80 bits per heavy atom. The summed E-state index contributed by atoms with van der Waals surface area (Å²) in [4.78, 5) is 19.9. The normalized spacial score (nSPS) is 21.1. The average Bonchev–Trinajstić information content (AvgIpc) is 3.11. The van der Waals surface area contributed by atoms with E-state index in [0.717, 1.165) is 29.6 Å². The molecule has 1 amide bonds. The number of morpholine rings is 1. The maximum atomic E-state index is 13.6. The van der Waals surface area contributed by atoms with Crippen LogP contribution in [0, 0.1) is 5.82 Å². The molecule has 6 nitrogen and oxygen atoms in total. The highest BCUT2D eigenvalue weighted by atomic mass is 19.1. The first-order chi connectivity index (χ1) is 12.1. The van der Waals surface area contributed by atoms with Crippen molar-refractivity contribution in [3.05, 3.63) is 35.6 Å². The number of benzene rings is 1. The Kier molecular flexibility index (Phi) is 4.17. The molecule has 2 aliphatic heterocycles. The fraction of sp³-hybridized carbons (Fsp3) is 0.444. The monoisotopic (exact) mass is 345 g/mol. The highest BCUT2D eigenvalue weighted by Crippen LogP contribution is 2.38. The Hall–Kier alpha value is -2.41. The number of carboxylic acid groups (broad SMARTS) is 1. The molecule has 0 spiro atoms. The van der Waals surface area contributed by atoms with Crippen LogP contribution in [-0.4, -0.2) is 53.9 Å². The summed E-state index contributed by atoms with van der Waals surface area (Å²) in [7, 11) is 0. The zero-order valence-electron chi connectivity index (χ0n) is 13.8. The van der Waals surface area contributed by atoms with E-state index in [0.29, 0.717) is 38.4 Å². The van der Waals surface area contributed by atoms with Crippen LogP contribution in [0.1, 0.15) is 24.4 Å². The van der Waals surface area contributed by atoms with E-state index in [1.807, 2.05) is 6.07 Å². The van der Waals surface area contributed by atoms with Gasteiger partial charge in [-0.2, -0.15) is 0 Å². The van der Waals surface area contributed by atoms with Crippen molar-refractivity contribution in [3.8, 4) is 0 Å². The minimum absolute atomic E-state index is 0.211. The number of hydrogen-bond acceptors (Lipinski definition) is 4. The molecule has 1 atom stereocenters. The predicted molar refractivity (Wildman–Crippen MR) is 91.4 cm³/mol. The van der Waals surface area contributed by atoms with Gasteiger partial charge in [-0.1, -0.05) is 0 Å². The number of hydrogen-bond donors (Lipinski definition) is 1. The van der Waals surface area contributed by atoms with Gasteiger partial charge in [0.15, 0.2) is 0 Å². The molecule has 0 radical (unpaired) electrons. The molecule has 4 rings (SSSR count). The Balaban J connectivity index is 1.84. The maximum Gasteiger partial charge on any atom is 0.407 e. The number of amides is 1. The lowest BCUT2D eigenvalue weighted by Crippen LogP contribution is -2.38. The van der Waals surface area contributed by atoms with Crippen molar-refractivity contribution in [1.29, 1.82) is 0 Å². The lowest BCUT2D eigenvalue weighted by Gasteiger charge is -2.32. The number of halogens is 1. The molecule has 2 aromatic rings. The molecule has 3 heterocycles. The quantitative estimate of drug-likeness (QED) is 0.906. The number of ether oxygens (including phenoxy) is 1. The molecular weight excluding hydrogens is 325 g/mol. The van der Waals surface area contributed by atoms with E-state index in [-0.39, 0.29) is 11.9 Å². The van der Waals surface area contributed by atoms with Gasteiger partial charge in [0, 0.05) is 36.7 Å². The van der Waals surface area contributed by atoms with Crippen molar-refractivity contribution in [2.75, 3.05) is 37.7 Å². The van der Waals surface area contributed by atoms with E-state index in [4.69, 9.17) is 9.72 Å². The third-order valence-corrected chi connectivity index (χ3v) is 4.96. The smallest absolute Gasteiger partial charge is 0.407 e. The summed E-state index contributed by atoms with van der Waals surface area (Å²) in [5.41, 5.74) is 1.49. The number of anilines is 1. The second-order valence-corrected chi connectivity index (χ2v) is 6.47. The van der Waals surface area contributed by atoms with Crippen LogP contribution < -0.4 is 4.90 Å². The summed E-state index contributed by atoms with van der Waals surface area (Å²) in [5.74, 6) is 0.424. The van der Waals surface area contributed by atoms with Crippen LogP contribution in [0.4, 0.5) is 15.0 Å². The average molecular weight is 345 g/mol. The van der Waals surface area contributed by atoms with Crippen molar-refractivity contribution >= 4 is 22.8 Å². The van der Waals surface area contributed by atoms with Crippen LogP contribution in [0.5, 0.6) is 0 Å². The number of pyridine rings is 1. The molecule has 0 aliphatic carbocycles. The molecule has 1 N–H and O–H groups in total. The number of nitrogens with zero attached hydrogens (tertiary/aromatic N) is 3. The minimum Gasteiger partial charge on any atom is -0.465 e. The van der Waals surface area contributed by atoms with Gasteiger partial charge in [-0.15, -0.1) is 0 Å². The van der Waals surface area contributed by atoms with Gasteiger partial charge in [0.05, 0.1) is 24.8 Å². The summed E-state index contributed by atoms with van der Waals surface area (Å²) >= 11 is 0. The van der Waals surface area contributed by atoms with Gasteiger partial charge in [0.25, 0.3) is 0 Å². The number of fused-ring (bicyclic) bond motifs is 1. The van der Waals surface area contributed by atoms with Crippen molar-refractivity contribution in [2.45, 2.75) is 18.9 Å². The second-order valence-electron chi connectivity index (χ2n) is 6.47. The molecule has 132 valence electrons. The summed E-state index contributed by atoms with van der Waals surface area (Å²) in [6.45, 7) is 3.14. The summed E-state index contributed by atoms with van der Waals surface area (Å²) < 4.78 is 19.0. The van der Waals surface area contributed by atoms with Crippen LogP contribution in [0.25, 0.3) is 10.9 Å². The van der Waals surface area contributed by atoms with Crippen molar-refractivity contribution in [3.63, 3.8) is 0 Å². The number of carbonyl (C=O) groups is 1. The van der Waals surface area contributed by atoms with Crippen LogP contribution in [-0.2, 0) is 4.74 Å². The highest BCUT2D eigenvalue weighted by Gasteiger charge is 2.33. The van der Waals surface area contributed by atoms with E-state index in [2.05, 4.69) is 4.90 Å².